The van der Waals surface area contributed by atoms with Gasteiger partial charge in [0.15, 0.2) is 5.25 Å². The Kier molecular flexibility index (Phi) is 5.91. The Morgan fingerprint density at radius 3 is 2.59 bits per heavy atom. The van der Waals surface area contributed by atoms with Gasteiger partial charge in [0.25, 0.3) is 0 Å². The number of carbonyl (C=O) groups excluding carboxylic acids is 3. The Labute approximate surface area is 192 Å². The van der Waals surface area contributed by atoms with Gasteiger partial charge in [-0.2, -0.15) is 0 Å². The first-order valence-corrected chi connectivity index (χ1v) is 12.2. The standard InChI is InChI=1S/C25H27N3O3S/c29-23(26-19-10-5-7-16-6-1-2-8-18(16)19)17-12-14-28(15-13-17)25(31)22-24(30)27-20-9-3-4-11-21(20)32-22/h1-4,6,8-9,11,17,19,22H,5,7,10,12-15H2,(H,26,29)(H,27,30)/t19-,22-/m0/s1. The van der Waals surface area contributed by atoms with Crippen LogP contribution in [0.3, 0.4) is 0 Å². The van der Waals surface area contributed by atoms with E-state index in [2.05, 4.69) is 28.8 Å². The summed E-state index contributed by atoms with van der Waals surface area (Å²) in [6.07, 6.45) is 4.37. The van der Waals surface area contributed by atoms with Gasteiger partial charge in [-0.15, -0.1) is 11.8 Å². The van der Waals surface area contributed by atoms with E-state index >= 15 is 0 Å². The molecule has 1 fully saturated rings. The van der Waals surface area contributed by atoms with E-state index < -0.39 is 5.25 Å². The number of hydrogen-bond acceptors (Lipinski definition) is 4. The second kappa shape index (κ2) is 8.98. The lowest BCUT2D eigenvalue weighted by Crippen LogP contribution is -2.49. The van der Waals surface area contributed by atoms with Crippen molar-refractivity contribution in [1.29, 1.82) is 0 Å². The van der Waals surface area contributed by atoms with E-state index in [0.717, 1.165) is 29.8 Å². The van der Waals surface area contributed by atoms with Gasteiger partial charge in [-0.05, 0) is 55.4 Å². The minimum atomic E-state index is -0.769. The first kappa shape index (κ1) is 21.1. The van der Waals surface area contributed by atoms with E-state index in [1.165, 1.54) is 22.9 Å². The Hall–Kier alpha value is -2.80. The van der Waals surface area contributed by atoms with E-state index in [1.54, 1.807) is 4.90 Å². The van der Waals surface area contributed by atoms with Crippen molar-refractivity contribution in [2.24, 2.45) is 5.92 Å². The number of hydrogen-bond donors (Lipinski definition) is 2. The van der Waals surface area contributed by atoms with Crippen LogP contribution in [0.25, 0.3) is 0 Å². The van der Waals surface area contributed by atoms with Crippen molar-refractivity contribution in [2.75, 3.05) is 18.4 Å². The van der Waals surface area contributed by atoms with Crippen LogP contribution in [0.4, 0.5) is 5.69 Å². The Balaban J connectivity index is 1.17. The molecule has 2 atom stereocenters. The summed E-state index contributed by atoms with van der Waals surface area (Å²) < 4.78 is 0. The normalized spacial score (nSPS) is 23.0. The van der Waals surface area contributed by atoms with E-state index in [0.29, 0.717) is 25.9 Å². The number of aryl methyl sites for hydroxylation is 1. The number of thioether (sulfide) groups is 1. The molecule has 0 unspecified atom stereocenters. The van der Waals surface area contributed by atoms with Crippen LogP contribution in [0.15, 0.2) is 53.4 Å². The van der Waals surface area contributed by atoms with Crippen molar-refractivity contribution in [2.45, 2.75) is 48.3 Å². The van der Waals surface area contributed by atoms with E-state index in [9.17, 15) is 14.4 Å². The molecule has 2 aromatic rings. The van der Waals surface area contributed by atoms with E-state index in [1.807, 2.05) is 30.3 Å². The summed E-state index contributed by atoms with van der Waals surface area (Å²) in [6, 6.07) is 16.0. The third kappa shape index (κ3) is 4.13. The van der Waals surface area contributed by atoms with Crippen LogP contribution in [0, 0.1) is 5.92 Å². The number of nitrogens with zero attached hydrogens (tertiary/aromatic N) is 1. The number of nitrogens with one attached hydrogen (secondary N) is 2. The topological polar surface area (TPSA) is 78.5 Å². The van der Waals surface area contributed by atoms with Gasteiger partial charge in [-0.25, -0.2) is 0 Å². The maximum absolute atomic E-state index is 13.0. The first-order valence-electron chi connectivity index (χ1n) is 11.3. The molecule has 6 nitrogen and oxygen atoms in total. The van der Waals surface area contributed by atoms with Crippen LogP contribution in [-0.4, -0.2) is 41.0 Å². The molecule has 0 bridgehead atoms. The van der Waals surface area contributed by atoms with Gasteiger partial charge in [0.2, 0.25) is 17.7 Å². The van der Waals surface area contributed by atoms with E-state index in [4.69, 9.17) is 0 Å². The fraction of sp³-hybridized carbons (Fsp3) is 0.400. The van der Waals surface area contributed by atoms with Gasteiger partial charge < -0.3 is 15.5 Å². The number of para-hydroxylation sites is 1. The molecular weight excluding hydrogens is 422 g/mol. The van der Waals surface area contributed by atoms with Crippen molar-refractivity contribution < 1.29 is 14.4 Å². The molecule has 3 aliphatic rings. The number of likely N-dealkylation sites (tertiary alicyclic amines) is 1. The quantitative estimate of drug-likeness (QED) is 0.703. The highest BCUT2D eigenvalue weighted by Gasteiger charge is 2.38. The predicted octanol–water partition coefficient (Wildman–Crippen LogP) is 3.53. The van der Waals surface area contributed by atoms with Crippen molar-refractivity contribution in [3.63, 3.8) is 0 Å². The average molecular weight is 450 g/mol. The molecular formula is C25H27N3O3S. The second-order valence-corrected chi connectivity index (χ2v) is 9.88. The fourth-order valence-electron chi connectivity index (χ4n) is 4.94. The van der Waals surface area contributed by atoms with Crippen molar-refractivity contribution >= 4 is 35.2 Å². The van der Waals surface area contributed by atoms with Gasteiger partial charge in [-0.3, -0.25) is 14.4 Å². The molecule has 0 saturated carbocycles. The number of benzene rings is 2. The molecule has 1 aliphatic carbocycles. The number of fused-ring (bicyclic) bond motifs is 2. The maximum Gasteiger partial charge on any atom is 0.247 e. The van der Waals surface area contributed by atoms with Crippen molar-refractivity contribution in [3.05, 3.63) is 59.7 Å². The number of piperidine rings is 1. The summed E-state index contributed by atoms with van der Waals surface area (Å²) in [7, 11) is 0. The monoisotopic (exact) mass is 449 g/mol. The molecule has 166 valence electrons. The Morgan fingerprint density at radius 1 is 1.00 bits per heavy atom. The average Bonchev–Trinajstić information content (AvgIpc) is 2.83. The maximum atomic E-state index is 13.0. The molecule has 3 amide bonds. The van der Waals surface area contributed by atoms with Crippen LogP contribution in [0.2, 0.25) is 0 Å². The molecule has 32 heavy (non-hydrogen) atoms. The van der Waals surface area contributed by atoms with Crippen LogP contribution in [0.5, 0.6) is 0 Å². The fourth-order valence-corrected chi connectivity index (χ4v) is 6.01. The molecule has 1 saturated heterocycles. The number of carbonyl (C=O) groups is 3. The summed E-state index contributed by atoms with van der Waals surface area (Å²) in [5, 5.41) is 5.33. The van der Waals surface area contributed by atoms with Gasteiger partial charge in [0.1, 0.15) is 0 Å². The summed E-state index contributed by atoms with van der Waals surface area (Å²) in [5.41, 5.74) is 3.32. The van der Waals surface area contributed by atoms with E-state index in [-0.39, 0.29) is 29.7 Å². The number of amides is 3. The third-order valence-electron chi connectivity index (χ3n) is 6.72. The smallest absolute Gasteiger partial charge is 0.247 e. The summed E-state index contributed by atoms with van der Waals surface area (Å²) in [5.74, 6) is -0.448. The van der Waals surface area contributed by atoms with Crippen LogP contribution < -0.4 is 10.6 Å². The lowest BCUT2D eigenvalue weighted by atomic mass is 9.87. The van der Waals surface area contributed by atoms with Gasteiger partial charge in [0.05, 0.1) is 11.7 Å². The summed E-state index contributed by atoms with van der Waals surface area (Å²) >= 11 is 1.31. The number of anilines is 1. The molecule has 2 heterocycles. The highest BCUT2D eigenvalue weighted by atomic mass is 32.2. The Bertz CT molecular complexity index is 1050. The minimum absolute atomic E-state index is 0.0783. The van der Waals surface area contributed by atoms with Gasteiger partial charge in [-0.1, -0.05) is 36.4 Å². The largest absolute Gasteiger partial charge is 0.349 e. The SMILES string of the molecule is O=C(N[C@H]1CCCc2ccccc21)C1CCN(C(=O)[C@H]2Sc3ccccc3NC2=O)CC1. The van der Waals surface area contributed by atoms with Gasteiger partial charge in [0, 0.05) is 23.9 Å². The van der Waals surface area contributed by atoms with Crippen molar-refractivity contribution in [3.8, 4) is 0 Å². The van der Waals surface area contributed by atoms with Gasteiger partial charge >= 0.3 is 0 Å². The second-order valence-electron chi connectivity index (χ2n) is 8.74. The predicted molar refractivity (Wildman–Crippen MR) is 124 cm³/mol. The highest BCUT2D eigenvalue weighted by molar-refractivity contribution is 8.01. The summed E-state index contributed by atoms with van der Waals surface area (Å²) in [4.78, 5) is 41.2. The Morgan fingerprint density at radius 2 is 1.75 bits per heavy atom. The van der Waals surface area contributed by atoms with Crippen LogP contribution in [-0.2, 0) is 20.8 Å². The third-order valence-corrected chi connectivity index (χ3v) is 7.98. The molecule has 0 radical (unpaired) electrons. The summed E-state index contributed by atoms with van der Waals surface area (Å²) in [6.45, 7) is 1.01. The zero-order valence-corrected chi connectivity index (χ0v) is 18.7. The van der Waals surface area contributed by atoms with Crippen LogP contribution >= 0.6 is 11.8 Å². The lowest BCUT2D eigenvalue weighted by molar-refractivity contribution is -0.137. The molecule has 7 heteroatoms. The molecule has 5 rings (SSSR count). The lowest BCUT2D eigenvalue weighted by Gasteiger charge is -2.35. The first-order chi connectivity index (χ1) is 15.6. The molecule has 2 N–H and O–H groups in total. The van der Waals surface area contributed by atoms with Crippen molar-refractivity contribution in [1.82, 2.24) is 10.2 Å². The zero-order chi connectivity index (χ0) is 22.1. The van der Waals surface area contributed by atoms with Crippen LogP contribution in [0.1, 0.15) is 42.9 Å². The zero-order valence-electron chi connectivity index (χ0n) is 17.9. The molecule has 0 spiro atoms. The minimum Gasteiger partial charge on any atom is -0.349 e. The highest BCUT2D eigenvalue weighted by Crippen LogP contribution is 2.36. The molecule has 2 aromatic carbocycles. The number of rotatable bonds is 3. The molecule has 2 aliphatic heterocycles. The molecule has 0 aromatic heterocycles.